The van der Waals surface area contributed by atoms with Crippen molar-refractivity contribution in [2.24, 2.45) is 17.8 Å². The third kappa shape index (κ3) is 3.32. The molecule has 3 nitrogen and oxygen atoms in total. The van der Waals surface area contributed by atoms with Gasteiger partial charge in [-0.1, -0.05) is 6.42 Å². The summed E-state index contributed by atoms with van der Waals surface area (Å²) in [6.07, 6.45) is 7.19. The molecule has 2 bridgehead atoms. The molecule has 0 aromatic rings. The van der Waals surface area contributed by atoms with Crippen molar-refractivity contribution in [1.29, 1.82) is 0 Å². The minimum Gasteiger partial charge on any atom is -0.379 e. The molecule has 2 aliphatic carbocycles. The Morgan fingerprint density at radius 2 is 2.16 bits per heavy atom. The van der Waals surface area contributed by atoms with E-state index in [0.29, 0.717) is 18.1 Å². The highest BCUT2D eigenvalue weighted by molar-refractivity contribution is 4.94. The molecule has 0 radical (unpaired) electrons. The van der Waals surface area contributed by atoms with Crippen molar-refractivity contribution in [1.82, 2.24) is 10.6 Å². The molecule has 0 amide bonds. The Morgan fingerprint density at radius 1 is 1.26 bits per heavy atom. The summed E-state index contributed by atoms with van der Waals surface area (Å²) >= 11 is 0. The van der Waals surface area contributed by atoms with Gasteiger partial charge in [0.05, 0.1) is 13.2 Å². The minimum absolute atomic E-state index is 0.545. The van der Waals surface area contributed by atoms with Crippen LogP contribution in [0.3, 0.4) is 0 Å². The molecule has 3 fully saturated rings. The Kier molecular flexibility index (Phi) is 4.45. The zero-order valence-electron chi connectivity index (χ0n) is 12.5. The largest absolute Gasteiger partial charge is 0.379 e. The number of nitrogens with one attached hydrogen (secondary N) is 2. The molecule has 6 atom stereocenters. The Labute approximate surface area is 117 Å². The molecule has 19 heavy (non-hydrogen) atoms. The summed E-state index contributed by atoms with van der Waals surface area (Å²) in [6, 6.07) is 1.83. The topological polar surface area (TPSA) is 33.3 Å². The molecule has 1 aliphatic heterocycles. The van der Waals surface area contributed by atoms with Crippen molar-refractivity contribution < 1.29 is 4.74 Å². The lowest BCUT2D eigenvalue weighted by Gasteiger charge is -2.33. The maximum atomic E-state index is 5.54. The molecule has 0 spiro atoms. The van der Waals surface area contributed by atoms with Crippen molar-refractivity contribution >= 4 is 0 Å². The molecule has 1 saturated heterocycles. The van der Waals surface area contributed by atoms with Gasteiger partial charge in [0.2, 0.25) is 0 Å². The standard InChI is InChI=1S/C16H30N2O/c1-11(7-15-10-19-6-5-17-15)18-12(2)16-9-13-3-4-14(16)8-13/h11-18H,3-10H2,1-2H3. The summed E-state index contributed by atoms with van der Waals surface area (Å²) in [7, 11) is 0. The van der Waals surface area contributed by atoms with E-state index >= 15 is 0 Å². The van der Waals surface area contributed by atoms with Crippen LogP contribution in [0.2, 0.25) is 0 Å². The predicted molar refractivity (Wildman–Crippen MR) is 78.2 cm³/mol. The van der Waals surface area contributed by atoms with Gasteiger partial charge in [-0.2, -0.15) is 0 Å². The highest BCUT2D eigenvalue weighted by atomic mass is 16.5. The number of hydrogen-bond acceptors (Lipinski definition) is 3. The van der Waals surface area contributed by atoms with Gasteiger partial charge >= 0.3 is 0 Å². The van der Waals surface area contributed by atoms with E-state index in [-0.39, 0.29) is 0 Å². The number of fused-ring (bicyclic) bond motifs is 2. The molecule has 6 unspecified atom stereocenters. The lowest BCUT2D eigenvalue weighted by Crippen LogP contribution is -2.48. The van der Waals surface area contributed by atoms with Gasteiger partial charge in [0, 0.05) is 24.7 Å². The maximum Gasteiger partial charge on any atom is 0.0620 e. The molecule has 3 heteroatoms. The first-order valence-electron chi connectivity index (χ1n) is 8.29. The molecule has 1 heterocycles. The van der Waals surface area contributed by atoms with Crippen LogP contribution in [0, 0.1) is 17.8 Å². The number of hydrogen-bond donors (Lipinski definition) is 2. The third-order valence-electron chi connectivity index (χ3n) is 5.62. The highest BCUT2D eigenvalue weighted by Crippen LogP contribution is 2.49. The van der Waals surface area contributed by atoms with Gasteiger partial charge in [-0.15, -0.1) is 0 Å². The van der Waals surface area contributed by atoms with Crippen LogP contribution in [0.4, 0.5) is 0 Å². The Bertz CT molecular complexity index is 290. The van der Waals surface area contributed by atoms with Crippen molar-refractivity contribution in [3.05, 3.63) is 0 Å². The van der Waals surface area contributed by atoms with Gasteiger partial charge in [0.25, 0.3) is 0 Å². The van der Waals surface area contributed by atoms with Crippen LogP contribution in [0.1, 0.15) is 46.0 Å². The fourth-order valence-electron chi connectivity index (χ4n) is 4.74. The van der Waals surface area contributed by atoms with Crippen LogP contribution in [-0.2, 0) is 4.74 Å². The van der Waals surface area contributed by atoms with Crippen LogP contribution in [0.25, 0.3) is 0 Å². The van der Waals surface area contributed by atoms with Gasteiger partial charge in [-0.3, -0.25) is 0 Å². The molecule has 2 N–H and O–H groups in total. The van der Waals surface area contributed by atoms with Gasteiger partial charge in [-0.25, -0.2) is 0 Å². The third-order valence-corrected chi connectivity index (χ3v) is 5.62. The van der Waals surface area contributed by atoms with E-state index in [1.54, 1.807) is 0 Å². The zero-order valence-corrected chi connectivity index (χ0v) is 12.5. The zero-order chi connectivity index (χ0) is 13.2. The average Bonchev–Trinajstić information content (AvgIpc) is 3.02. The van der Waals surface area contributed by atoms with E-state index in [1.165, 1.54) is 32.1 Å². The quantitative estimate of drug-likeness (QED) is 0.800. The summed E-state index contributed by atoms with van der Waals surface area (Å²) in [5, 5.41) is 7.41. The van der Waals surface area contributed by atoms with Gasteiger partial charge in [-0.05, 0) is 57.3 Å². The predicted octanol–water partition coefficient (Wildman–Crippen LogP) is 2.17. The first kappa shape index (κ1) is 13.8. The van der Waals surface area contributed by atoms with Gasteiger partial charge < -0.3 is 15.4 Å². The fraction of sp³-hybridized carbons (Fsp3) is 1.00. The second kappa shape index (κ2) is 6.11. The fourth-order valence-corrected chi connectivity index (χ4v) is 4.74. The Hall–Kier alpha value is -0.120. The second-order valence-electron chi connectivity index (χ2n) is 7.16. The molecule has 0 aromatic carbocycles. The van der Waals surface area contributed by atoms with Gasteiger partial charge in [0.15, 0.2) is 0 Å². The SMILES string of the molecule is CC(CC1COCCN1)NC(C)C1CC2CCC1C2. The molecule has 0 aromatic heterocycles. The van der Waals surface area contributed by atoms with Crippen molar-refractivity contribution in [3.63, 3.8) is 0 Å². The summed E-state index contributed by atoms with van der Waals surface area (Å²) in [5.74, 6) is 3.02. The average molecular weight is 266 g/mol. The summed E-state index contributed by atoms with van der Waals surface area (Å²) < 4.78 is 5.54. The minimum atomic E-state index is 0.545. The Morgan fingerprint density at radius 3 is 2.79 bits per heavy atom. The first-order valence-corrected chi connectivity index (χ1v) is 8.29. The first-order chi connectivity index (χ1) is 9.22. The molecule has 2 saturated carbocycles. The van der Waals surface area contributed by atoms with Crippen molar-refractivity contribution in [3.8, 4) is 0 Å². The van der Waals surface area contributed by atoms with Crippen LogP contribution in [-0.4, -0.2) is 37.9 Å². The van der Waals surface area contributed by atoms with E-state index in [9.17, 15) is 0 Å². The lowest BCUT2D eigenvalue weighted by molar-refractivity contribution is 0.0701. The van der Waals surface area contributed by atoms with Crippen LogP contribution in [0.5, 0.6) is 0 Å². The van der Waals surface area contributed by atoms with Crippen molar-refractivity contribution in [2.45, 2.75) is 64.1 Å². The van der Waals surface area contributed by atoms with Crippen LogP contribution < -0.4 is 10.6 Å². The van der Waals surface area contributed by atoms with Gasteiger partial charge in [0.1, 0.15) is 0 Å². The van der Waals surface area contributed by atoms with Crippen molar-refractivity contribution in [2.75, 3.05) is 19.8 Å². The Balaban J connectivity index is 1.42. The highest BCUT2D eigenvalue weighted by Gasteiger charge is 2.41. The smallest absolute Gasteiger partial charge is 0.0620 e. The summed E-state index contributed by atoms with van der Waals surface area (Å²) in [6.45, 7) is 7.51. The number of rotatable bonds is 5. The molecular weight excluding hydrogens is 236 g/mol. The molecule has 3 aliphatic rings. The second-order valence-corrected chi connectivity index (χ2v) is 7.16. The van der Waals surface area contributed by atoms with E-state index in [2.05, 4.69) is 24.5 Å². The maximum absolute atomic E-state index is 5.54. The molecular formula is C16H30N2O. The lowest BCUT2D eigenvalue weighted by atomic mass is 9.83. The van der Waals surface area contributed by atoms with E-state index in [4.69, 9.17) is 4.74 Å². The van der Waals surface area contributed by atoms with E-state index in [1.807, 2.05) is 0 Å². The number of morpholine rings is 1. The van der Waals surface area contributed by atoms with Crippen LogP contribution >= 0.6 is 0 Å². The number of ether oxygens (including phenoxy) is 1. The molecule has 110 valence electrons. The molecule has 3 rings (SSSR count). The van der Waals surface area contributed by atoms with E-state index < -0.39 is 0 Å². The summed E-state index contributed by atoms with van der Waals surface area (Å²) in [4.78, 5) is 0. The van der Waals surface area contributed by atoms with Crippen LogP contribution in [0.15, 0.2) is 0 Å². The summed E-state index contributed by atoms with van der Waals surface area (Å²) in [5.41, 5.74) is 0. The normalized spacial score (nSPS) is 41.4. The monoisotopic (exact) mass is 266 g/mol. The van der Waals surface area contributed by atoms with E-state index in [0.717, 1.165) is 37.5 Å².